The van der Waals surface area contributed by atoms with Crippen LogP contribution in [0.4, 0.5) is 15.8 Å². The second-order valence-corrected chi connectivity index (χ2v) is 6.35. The lowest BCUT2D eigenvalue weighted by molar-refractivity contribution is 0.102. The van der Waals surface area contributed by atoms with Crippen molar-refractivity contribution in [3.05, 3.63) is 59.4 Å². The smallest absolute Gasteiger partial charge is 0.258 e. The van der Waals surface area contributed by atoms with Crippen molar-refractivity contribution < 1.29 is 9.18 Å². The molecule has 0 unspecified atom stereocenters. The summed E-state index contributed by atoms with van der Waals surface area (Å²) < 4.78 is 13.9. The standard InChI is InChI=1S/C20H20FN3O/c1-14-4-2-3-11-24(14)17-8-6-16(7-9-17)23-20(25)18-10-5-15(13-22)12-19(18)21/h5-10,12,14H,2-4,11H2,1H3,(H,23,25)/t14-/m0/s1. The molecule has 3 rings (SSSR count). The minimum Gasteiger partial charge on any atom is -0.369 e. The predicted octanol–water partition coefficient (Wildman–Crippen LogP) is 4.33. The number of piperidine rings is 1. The van der Waals surface area contributed by atoms with Gasteiger partial charge in [0.05, 0.1) is 17.2 Å². The fraction of sp³-hybridized carbons (Fsp3) is 0.300. The third-order valence-electron chi connectivity index (χ3n) is 4.60. The first kappa shape index (κ1) is 17.0. The molecule has 1 atom stereocenters. The number of amides is 1. The molecular formula is C20H20FN3O. The molecule has 25 heavy (non-hydrogen) atoms. The van der Waals surface area contributed by atoms with Gasteiger partial charge in [0.25, 0.3) is 5.91 Å². The molecule has 1 heterocycles. The maximum atomic E-state index is 13.9. The van der Waals surface area contributed by atoms with Gasteiger partial charge < -0.3 is 10.2 Å². The Morgan fingerprint density at radius 3 is 2.64 bits per heavy atom. The Labute approximate surface area is 146 Å². The second kappa shape index (κ2) is 7.35. The molecule has 2 aromatic carbocycles. The van der Waals surface area contributed by atoms with Crippen LogP contribution in [0.15, 0.2) is 42.5 Å². The molecule has 1 N–H and O–H groups in total. The molecule has 0 saturated carbocycles. The van der Waals surface area contributed by atoms with Crippen LogP contribution < -0.4 is 10.2 Å². The molecule has 0 aliphatic carbocycles. The van der Waals surface area contributed by atoms with Crippen LogP contribution in [-0.4, -0.2) is 18.5 Å². The number of benzene rings is 2. The zero-order valence-corrected chi connectivity index (χ0v) is 14.1. The quantitative estimate of drug-likeness (QED) is 0.907. The molecule has 128 valence electrons. The highest BCUT2D eigenvalue weighted by molar-refractivity contribution is 6.04. The van der Waals surface area contributed by atoms with Gasteiger partial charge >= 0.3 is 0 Å². The van der Waals surface area contributed by atoms with Crippen molar-refractivity contribution >= 4 is 17.3 Å². The van der Waals surface area contributed by atoms with Gasteiger partial charge in [-0.1, -0.05) is 0 Å². The van der Waals surface area contributed by atoms with Gasteiger partial charge in [0.15, 0.2) is 0 Å². The number of nitrogens with one attached hydrogen (secondary N) is 1. The number of carbonyl (C=O) groups excluding carboxylic acids is 1. The van der Waals surface area contributed by atoms with Gasteiger partial charge in [-0.2, -0.15) is 5.26 Å². The zero-order valence-electron chi connectivity index (χ0n) is 14.1. The fourth-order valence-corrected chi connectivity index (χ4v) is 3.19. The van der Waals surface area contributed by atoms with Crippen LogP contribution in [0.1, 0.15) is 42.1 Å². The number of carbonyl (C=O) groups is 1. The maximum absolute atomic E-state index is 13.9. The molecular weight excluding hydrogens is 317 g/mol. The Balaban J connectivity index is 1.71. The predicted molar refractivity (Wildman–Crippen MR) is 96.2 cm³/mol. The molecule has 1 aliphatic rings. The molecule has 5 heteroatoms. The Hall–Kier alpha value is -2.87. The summed E-state index contributed by atoms with van der Waals surface area (Å²) in [5.41, 5.74) is 1.86. The van der Waals surface area contributed by atoms with E-state index in [2.05, 4.69) is 17.1 Å². The van der Waals surface area contributed by atoms with Crippen LogP contribution in [0.25, 0.3) is 0 Å². The summed E-state index contributed by atoms with van der Waals surface area (Å²) in [6, 6.07) is 13.8. The van der Waals surface area contributed by atoms with Crippen molar-refractivity contribution in [3.63, 3.8) is 0 Å². The van der Waals surface area contributed by atoms with Crippen LogP contribution in [-0.2, 0) is 0 Å². The van der Waals surface area contributed by atoms with Crippen LogP contribution >= 0.6 is 0 Å². The monoisotopic (exact) mass is 337 g/mol. The van der Waals surface area contributed by atoms with E-state index in [0.29, 0.717) is 11.7 Å². The molecule has 0 bridgehead atoms. The minimum atomic E-state index is -0.699. The van der Waals surface area contributed by atoms with Gasteiger partial charge in [0.1, 0.15) is 5.82 Å². The normalized spacial score (nSPS) is 17.0. The molecule has 4 nitrogen and oxygen atoms in total. The zero-order chi connectivity index (χ0) is 17.8. The van der Waals surface area contributed by atoms with Gasteiger partial charge in [-0.15, -0.1) is 0 Å². The van der Waals surface area contributed by atoms with E-state index < -0.39 is 11.7 Å². The summed E-state index contributed by atoms with van der Waals surface area (Å²) in [5, 5.41) is 11.5. The molecule has 0 radical (unpaired) electrons. The van der Waals surface area contributed by atoms with Crippen molar-refractivity contribution in [2.45, 2.75) is 32.2 Å². The summed E-state index contributed by atoms with van der Waals surface area (Å²) in [6.07, 6.45) is 3.65. The Bertz CT molecular complexity index is 811. The van der Waals surface area contributed by atoms with Crippen molar-refractivity contribution in [1.29, 1.82) is 5.26 Å². The van der Waals surface area contributed by atoms with Gasteiger partial charge in [-0.05, 0) is 68.7 Å². The van der Waals surface area contributed by atoms with E-state index >= 15 is 0 Å². The number of rotatable bonds is 3. The number of halogens is 1. The largest absolute Gasteiger partial charge is 0.369 e. The lowest BCUT2D eigenvalue weighted by atomic mass is 10.0. The highest BCUT2D eigenvalue weighted by atomic mass is 19.1. The Kier molecular flexibility index (Phi) is 4.99. The van der Waals surface area contributed by atoms with E-state index in [0.717, 1.165) is 18.3 Å². The van der Waals surface area contributed by atoms with Crippen LogP contribution in [0, 0.1) is 17.1 Å². The van der Waals surface area contributed by atoms with E-state index in [1.165, 1.54) is 31.4 Å². The lowest BCUT2D eigenvalue weighted by Gasteiger charge is -2.35. The summed E-state index contributed by atoms with van der Waals surface area (Å²) in [6.45, 7) is 3.27. The summed E-state index contributed by atoms with van der Waals surface area (Å²) in [4.78, 5) is 14.6. The van der Waals surface area contributed by atoms with E-state index in [1.807, 2.05) is 30.3 Å². The van der Waals surface area contributed by atoms with Crippen LogP contribution in [0.3, 0.4) is 0 Å². The van der Waals surface area contributed by atoms with Crippen molar-refractivity contribution in [1.82, 2.24) is 0 Å². The van der Waals surface area contributed by atoms with Crippen LogP contribution in [0.2, 0.25) is 0 Å². The average molecular weight is 337 g/mol. The minimum absolute atomic E-state index is 0.0762. The number of nitriles is 1. The van der Waals surface area contributed by atoms with E-state index in [1.54, 1.807) is 0 Å². The number of anilines is 2. The summed E-state index contributed by atoms with van der Waals surface area (Å²) in [7, 11) is 0. The third-order valence-corrected chi connectivity index (χ3v) is 4.60. The van der Waals surface area contributed by atoms with Crippen LogP contribution in [0.5, 0.6) is 0 Å². The molecule has 0 spiro atoms. The highest BCUT2D eigenvalue weighted by Crippen LogP contribution is 2.26. The first-order valence-electron chi connectivity index (χ1n) is 8.46. The first-order chi connectivity index (χ1) is 12.1. The van der Waals surface area contributed by atoms with Crippen molar-refractivity contribution in [2.75, 3.05) is 16.8 Å². The lowest BCUT2D eigenvalue weighted by Crippen LogP contribution is -2.37. The van der Waals surface area contributed by atoms with E-state index in [4.69, 9.17) is 5.26 Å². The second-order valence-electron chi connectivity index (χ2n) is 6.35. The number of nitrogens with zero attached hydrogens (tertiary/aromatic N) is 2. The molecule has 1 saturated heterocycles. The molecule has 1 aliphatic heterocycles. The van der Waals surface area contributed by atoms with Crippen molar-refractivity contribution in [2.24, 2.45) is 0 Å². The molecule has 1 amide bonds. The Morgan fingerprint density at radius 1 is 1.24 bits per heavy atom. The molecule has 1 fully saturated rings. The Morgan fingerprint density at radius 2 is 2.00 bits per heavy atom. The summed E-state index contributed by atoms with van der Waals surface area (Å²) >= 11 is 0. The van der Waals surface area contributed by atoms with Gasteiger partial charge in [0.2, 0.25) is 0 Å². The topological polar surface area (TPSA) is 56.1 Å². The average Bonchev–Trinajstić information content (AvgIpc) is 2.62. The van der Waals surface area contributed by atoms with E-state index in [-0.39, 0.29) is 11.1 Å². The number of hydrogen-bond donors (Lipinski definition) is 1. The SMILES string of the molecule is C[C@H]1CCCCN1c1ccc(NC(=O)c2ccc(C#N)cc2F)cc1. The first-order valence-corrected chi connectivity index (χ1v) is 8.46. The van der Waals surface area contributed by atoms with Gasteiger partial charge in [0, 0.05) is 24.0 Å². The van der Waals surface area contributed by atoms with Gasteiger partial charge in [-0.25, -0.2) is 4.39 Å². The summed E-state index contributed by atoms with van der Waals surface area (Å²) in [5.74, 6) is -1.23. The van der Waals surface area contributed by atoms with E-state index in [9.17, 15) is 9.18 Å². The maximum Gasteiger partial charge on any atom is 0.258 e. The highest BCUT2D eigenvalue weighted by Gasteiger charge is 2.18. The fourth-order valence-electron chi connectivity index (χ4n) is 3.19. The molecule has 0 aromatic heterocycles. The molecule has 2 aromatic rings. The van der Waals surface area contributed by atoms with Crippen molar-refractivity contribution in [3.8, 4) is 6.07 Å². The van der Waals surface area contributed by atoms with Gasteiger partial charge in [-0.3, -0.25) is 4.79 Å². The number of hydrogen-bond acceptors (Lipinski definition) is 3. The third kappa shape index (κ3) is 3.80.